The Morgan fingerprint density at radius 3 is 2.45 bits per heavy atom. The highest BCUT2D eigenvalue weighted by atomic mass is 19.4. The van der Waals surface area contributed by atoms with Gasteiger partial charge in [0.1, 0.15) is 11.7 Å². The number of carbonyl (C=O) groups excluding carboxylic acids is 2. The lowest BCUT2D eigenvalue weighted by molar-refractivity contribution is -0.138. The number of para-hydroxylation sites is 1. The Balaban J connectivity index is 1.61. The van der Waals surface area contributed by atoms with E-state index in [2.05, 4.69) is 5.10 Å². The summed E-state index contributed by atoms with van der Waals surface area (Å²) in [4.78, 5) is 27.5. The van der Waals surface area contributed by atoms with Crippen molar-refractivity contribution < 1.29 is 22.8 Å². The maximum atomic E-state index is 13.2. The van der Waals surface area contributed by atoms with E-state index in [-0.39, 0.29) is 24.7 Å². The number of hydrogen-bond acceptors (Lipinski definition) is 3. The summed E-state index contributed by atoms with van der Waals surface area (Å²) in [6.45, 7) is 0.279. The van der Waals surface area contributed by atoms with Crippen molar-refractivity contribution in [3.05, 3.63) is 83.7 Å². The molecule has 1 aliphatic rings. The minimum absolute atomic E-state index is 0.0252. The minimum atomic E-state index is -4.44. The molecular formula is C23H20F3N3O2. The van der Waals surface area contributed by atoms with E-state index >= 15 is 0 Å². The highest BCUT2D eigenvalue weighted by Gasteiger charge is 2.44. The first kappa shape index (κ1) is 20.8. The van der Waals surface area contributed by atoms with E-state index in [9.17, 15) is 22.8 Å². The summed E-state index contributed by atoms with van der Waals surface area (Å²) in [5.74, 6) is -2.01. The summed E-state index contributed by atoms with van der Waals surface area (Å²) in [7, 11) is 1.60. The fourth-order valence-electron chi connectivity index (χ4n) is 4.07. The third kappa shape index (κ3) is 4.10. The number of carbonyl (C=O) groups is 2. The van der Waals surface area contributed by atoms with Gasteiger partial charge in [-0.15, -0.1) is 0 Å². The number of ketones is 1. The van der Waals surface area contributed by atoms with E-state index in [1.54, 1.807) is 30.2 Å². The van der Waals surface area contributed by atoms with E-state index in [4.69, 9.17) is 0 Å². The molecule has 1 aliphatic heterocycles. The molecule has 0 unspecified atom stereocenters. The first-order chi connectivity index (χ1) is 14.8. The molecule has 5 nitrogen and oxygen atoms in total. The third-order valence-electron chi connectivity index (χ3n) is 5.64. The molecule has 2 heterocycles. The SMILES string of the molecule is CN1C[C@H](c2ccc(C(F)(F)F)cc2)[C@@H](C(=O)Cc2ccccc2-n2cccn2)C1=O. The van der Waals surface area contributed by atoms with Crippen LogP contribution >= 0.6 is 0 Å². The van der Waals surface area contributed by atoms with Crippen molar-refractivity contribution in [1.29, 1.82) is 0 Å². The van der Waals surface area contributed by atoms with Crippen LogP contribution in [0.3, 0.4) is 0 Å². The number of likely N-dealkylation sites (tertiary alicyclic amines) is 1. The van der Waals surface area contributed by atoms with Crippen LogP contribution in [0.4, 0.5) is 13.2 Å². The van der Waals surface area contributed by atoms with Gasteiger partial charge in [0.25, 0.3) is 0 Å². The summed E-state index contributed by atoms with van der Waals surface area (Å²) in [6.07, 6.45) is -1.01. The van der Waals surface area contributed by atoms with Crippen LogP contribution in [0.5, 0.6) is 0 Å². The van der Waals surface area contributed by atoms with Crippen molar-refractivity contribution in [3.63, 3.8) is 0 Å². The normalized spacial score (nSPS) is 19.1. The second kappa shape index (κ2) is 8.02. The third-order valence-corrected chi connectivity index (χ3v) is 5.64. The molecule has 4 rings (SSSR count). The van der Waals surface area contributed by atoms with E-state index in [0.29, 0.717) is 5.56 Å². The molecule has 3 aromatic rings. The number of alkyl halides is 3. The summed E-state index contributed by atoms with van der Waals surface area (Å²) in [5.41, 5.74) is 1.25. The van der Waals surface area contributed by atoms with Gasteiger partial charge in [-0.2, -0.15) is 18.3 Å². The topological polar surface area (TPSA) is 55.2 Å². The molecule has 1 saturated heterocycles. The average molecular weight is 427 g/mol. The standard InChI is InChI=1S/C23H20F3N3O2/c1-28-14-18(15-7-9-17(10-8-15)23(24,25)26)21(22(28)31)20(30)13-16-5-2-3-6-19(16)29-12-4-11-27-29/h2-12,18,21H,13-14H2,1H3/t18-,21+/m1/s1. The van der Waals surface area contributed by atoms with Crippen molar-refractivity contribution in [2.24, 2.45) is 5.92 Å². The number of nitrogens with zero attached hydrogens (tertiary/aromatic N) is 3. The van der Waals surface area contributed by atoms with Crippen LogP contribution in [-0.2, 0) is 22.2 Å². The number of Topliss-reactive ketones (excluding diaryl/α,β-unsaturated/α-hetero) is 1. The molecule has 0 radical (unpaired) electrons. The van der Waals surface area contributed by atoms with Gasteiger partial charge < -0.3 is 4.90 Å². The van der Waals surface area contributed by atoms with Gasteiger partial charge in [-0.05, 0) is 35.4 Å². The van der Waals surface area contributed by atoms with Gasteiger partial charge in [-0.3, -0.25) is 9.59 Å². The average Bonchev–Trinajstić information content (AvgIpc) is 3.37. The molecule has 0 aliphatic carbocycles. The van der Waals surface area contributed by atoms with Crippen LogP contribution in [-0.4, -0.2) is 40.0 Å². The Kier molecular flexibility index (Phi) is 5.39. The van der Waals surface area contributed by atoms with Gasteiger partial charge in [-0.25, -0.2) is 4.68 Å². The zero-order valence-corrected chi connectivity index (χ0v) is 16.7. The molecule has 0 spiro atoms. The number of rotatable bonds is 5. The highest BCUT2D eigenvalue weighted by Crippen LogP contribution is 2.36. The maximum absolute atomic E-state index is 13.2. The smallest absolute Gasteiger partial charge is 0.344 e. The Morgan fingerprint density at radius 2 is 1.81 bits per heavy atom. The molecule has 1 fully saturated rings. The quantitative estimate of drug-likeness (QED) is 0.581. The largest absolute Gasteiger partial charge is 0.416 e. The number of aromatic nitrogens is 2. The molecule has 0 saturated carbocycles. The predicted molar refractivity (Wildman–Crippen MR) is 108 cm³/mol. The molecule has 0 N–H and O–H groups in total. The van der Waals surface area contributed by atoms with Crippen LogP contribution in [0.15, 0.2) is 67.0 Å². The molecule has 31 heavy (non-hydrogen) atoms. The second-order valence-corrected chi connectivity index (χ2v) is 7.65. The molecule has 160 valence electrons. The zero-order chi connectivity index (χ0) is 22.2. The van der Waals surface area contributed by atoms with Gasteiger partial charge in [0.15, 0.2) is 0 Å². The molecule has 8 heteroatoms. The Labute approximate surface area is 177 Å². The zero-order valence-electron chi connectivity index (χ0n) is 16.7. The van der Waals surface area contributed by atoms with E-state index in [1.165, 1.54) is 17.0 Å². The van der Waals surface area contributed by atoms with Crippen LogP contribution in [0.25, 0.3) is 5.69 Å². The summed E-state index contributed by atoms with van der Waals surface area (Å²) < 4.78 is 40.3. The van der Waals surface area contributed by atoms with Crippen LogP contribution in [0, 0.1) is 5.92 Å². The molecule has 2 aromatic carbocycles. The first-order valence-electron chi connectivity index (χ1n) is 9.78. The number of benzene rings is 2. The number of hydrogen-bond donors (Lipinski definition) is 0. The lowest BCUT2D eigenvalue weighted by Gasteiger charge is -2.18. The van der Waals surface area contributed by atoms with Crippen molar-refractivity contribution in [2.75, 3.05) is 13.6 Å². The first-order valence-corrected chi connectivity index (χ1v) is 9.78. The molecular weight excluding hydrogens is 407 g/mol. The lowest BCUT2D eigenvalue weighted by atomic mass is 9.83. The molecule has 0 bridgehead atoms. The Morgan fingerprint density at radius 1 is 1.10 bits per heavy atom. The van der Waals surface area contributed by atoms with Gasteiger partial charge in [0, 0.05) is 38.3 Å². The summed E-state index contributed by atoms with van der Waals surface area (Å²) in [5, 5.41) is 4.21. The Bertz CT molecular complexity index is 1090. The van der Waals surface area contributed by atoms with Gasteiger partial charge in [0.05, 0.1) is 11.3 Å². The van der Waals surface area contributed by atoms with Gasteiger partial charge in [0.2, 0.25) is 5.91 Å². The number of amides is 1. The fraction of sp³-hybridized carbons (Fsp3) is 0.261. The second-order valence-electron chi connectivity index (χ2n) is 7.65. The molecule has 1 amide bonds. The number of halogens is 3. The van der Waals surface area contributed by atoms with E-state index in [1.807, 2.05) is 24.3 Å². The van der Waals surface area contributed by atoms with Crippen molar-refractivity contribution in [2.45, 2.75) is 18.5 Å². The van der Waals surface area contributed by atoms with Crippen molar-refractivity contribution in [3.8, 4) is 5.69 Å². The van der Waals surface area contributed by atoms with E-state index < -0.39 is 23.6 Å². The predicted octanol–water partition coefficient (Wildman–Crippen LogP) is 3.87. The van der Waals surface area contributed by atoms with Gasteiger partial charge >= 0.3 is 6.18 Å². The maximum Gasteiger partial charge on any atom is 0.416 e. The minimum Gasteiger partial charge on any atom is -0.344 e. The molecule has 1 aromatic heterocycles. The van der Waals surface area contributed by atoms with Crippen LogP contribution < -0.4 is 0 Å². The lowest BCUT2D eigenvalue weighted by Crippen LogP contribution is -2.29. The summed E-state index contributed by atoms with van der Waals surface area (Å²) in [6, 6.07) is 13.8. The summed E-state index contributed by atoms with van der Waals surface area (Å²) >= 11 is 0. The fourth-order valence-corrected chi connectivity index (χ4v) is 4.07. The van der Waals surface area contributed by atoms with Gasteiger partial charge in [-0.1, -0.05) is 30.3 Å². The van der Waals surface area contributed by atoms with Crippen molar-refractivity contribution in [1.82, 2.24) is 14.7 Å². The molecule has 2 atom stereocenters. The van der Waals surface area contributed by atoms with E-state index in [0.717, 1.165) is 23.4 Å². The van der Waals surface area contributed by atoms with Crippen molar-refractivity contribution >= 4 is 11.7 Å². The monoisotopic (exact) mass is 427 g/mol. The van der Waals surface area contributed by atoms with Crippen LogP contribution in [0.2, 0.25) is 0 Å². The highest BCUT2D eigenvalue weighted by molar-refractivity contribution is 6.04. The number of likely N-dealkylation sites (N-methyl/N-ethyl adjacent to an activating group) is 1. The van der Waals surface area contributed by atoms with Crippen LogP contribution in [0.1, 0.15) is 22.6 Å². The Hall–Kier alpha value is -3.42.